The fourth-order valence-electron chi connectivity index (χ4n) is 3.23. The van der Waals surface area contributed by atoms with E-state index in [1.165, 1.54) is 11.3 Å². The lowest BCUT2D eigenvalue weighted by Crippen LogP contribution is -2.46. The number of pyridine rings is 1. The van der Waals surface area contributed by atoms with Crippen molar-refractivity contribution in [1.82, 2.24) is 14.5 Å². The minimum absolute atomic E-state index is 1.01. The van der Waals surface area contributed by atoms with Gasteiger partial charge in [-0.2, -0.15) is 0 Å². The van der Waals surface area contributed by atoms with Crippen LogP contribution in [0.5, 0.6) is 0 Å². The molecule has 2 aromatic heterocycles. The molecule has 0 amide bonds. The van der Waals surface area contributed by atoms with Crippen LogP contribution >= 0.6 is 0 Å². The third-order valence-corrected chi connectivity index (χ3v) is 4.56. The average molecular weight is 318 g/mol. The van der Waals surface area contributed by atoms with Crippen molar-refractivity contribution < 1.29 is 0 Å². The molecule has 4 rings (SSSR count). The molecule has 24 heavy (non-hydrogen) atoms. The molecule has 1 aromatic carbocycles. The van der Waals surface area contributed by atoms with Crippen LogP contribution in [-0.4, -0.2) is 40.6 Å². The number of anilines is 1. The second-order valence-corrected chi connectivity index (χ2v) is 6.21. The topological polar surface area (TPSA) is 24.3 Å². The van der Waals surface area contributed by atoms with Crippen LogP contribution in [0.15, 0.2) is 73.2 Å². The van der Waals surface area contributed by atoms with Crippen molar-refractivity contribution in [3.05, 3.63) is 78.8 Å². The number of hydrogen-bond acceptors (Lipinski definition) is 3. The summed E-state index contributed by atoms with van der Waals surface area (Å²) < 4.78 is 2.19. The standard InChI is InChI=1S/C20H22N4/c1-2-6-19(7-3-1)24-11-9-18(17-24)16-22-12-14-23(15-13-22)20-8-4-5-10-21-20/h1-11,17H,12-16H2. The Hall–Kier alpha value is -2.59. The van der Waals surface area contributed by atoms with Crippen LogP contribution in [0.25, 0.3) is 5.69 Å². The van der Waals surface area contributed by atoms with Crippen LogP contribution in [0.1, 0.15) is 5.56 Å². The molecule has 1 aliphatic rings. The highest BCUT2D eigenvalue weighted by atomic mass is 15.3. The second kappa shape index (κ2) is 6.89. The SMILES string of the molecule is c1ccc(-n2ccc(CN3CCN(c4ccccn4)CC3)c2)cc1. The van der Waals surface area contributed by atoms with Gasteiger partial charge in [-0.1, -0.05) is 24.3 Å². The first-order valence-electron chi connectivity index (χ1n) is 8.49. The highest BCUT2D eigenvalue weighted by molar-refractivity contribution is 5.38. The zero-order valence-electron chi connectivity index (χ0n) is 13.8. The van der Waals surface area contributed by atoms with E-state index in [0.29, 0.717) is 0 Å². The Bertz CT molecular complexity index is 759. The van der Waals surface area contributed by atoms with Gasteiger partial charge in [0.2, 0.25) is 0 Å². The molecule has 1 fully saturated rings. The zero-order valence-corrected chi connectivity index (χ0v) is 13.8. The van der Waals surface area contributed by atoms with Gasteiger partial charge in [0, 0.05) is 57.0 Å². The van der Waals surface area contributed by atoms with Crippen LogP contribution in [0.4, 0.5) is 5.82 Å². The van der Waals surface area contributed by atoms with E-state index in [2.05, 4.69) is 80.3 Å². The van der Waals surface area contributed by atoms with Crippen molar-refractivity contribution in [2.75, 3.05) is 31.1 Å². The number of para-hydroxylation sites is 1. The van der Waals surface area contributed by atoms with Crippen LogP contribution in [0, 0.1) is 0 Å². The molecule has 0 unspecified atom stereocenters. The maximum atomic E-state index is 4.45. The van der Waals surface area contributed by atoms with E-state index >= 15 is 0 Å². The summed E-state index contributed by atoms with van der Waals surface area (Å²) in [4.78, 5) is 9.34. The quantitative estimate of drug-likeness (QED) is 0.738. The minimum atomic E-state index is 1.01. The van der Waals surface area contributed by atoms with E-state index in [9.17, 15) is 0 Å². The summed E-state index contributed by atoms with van der Waals surface area (Å²) in [6.45, 7) is 5.24. The molecule has 0 N–H and O–H groups in total. The predicted octanol–water partition coefficient (Wildman–Crippen LogP) is 3.19. The molecule has 0 saturated carbocycles. The van der Waals surface area contributed by atoms with Crippen molar-refractivity contribution in [1.29, 1.82) is 0 Å². The van der Waals surface area contributed by atoms with Crippen LogP contribution in [-0.2, 0) is 6.54 Å². The first-order chi connectivity index (χ1) is 11.9. The van der Waals surface area contributed by atoms with Gasteiger partial charge in [-0.15, -0.1) is 0 Å². The number of nitrogens with zero attached hydrogens (tertiary/aromatic N) is 4. The predicted molar refractivity (Wildman–Crippen MR) is 97.5 cm³/mol. The Kier molecular flexibility index (Phi) is 4.30. The van der Waals surface area contributed by atoms with Gasteiger partial charge in [-0.3, -0.25) is 4.90 Å². The second-order valence-electron chi connectivity index (χ2n) is 6.21. The van der Waals surface area contributed by atoms with Crippen LogP contribution in [0.2, 0.25) is 0 Å². The molecule has 122 valence electrons. The lowest BCUT2D eigenvalue weighted by Gasteiger charge is -2.35. The Morgan fingerprint density at radius 1 is 0.833 bits per heavy atom. The smallest absolute Gasteiger partial charge is 0.128 e. The summed E-state index contributed by atoms with van der Waals surface area (Å²) in [5, 5.41) is 0. The molecule has 1 saturated heterocycles. The lowest BCUT2D eigenvalue weighted by molar-refractivity contribution is 0.249. The number of benzene rings is 1. The van der Waals surface area contributed by atoms with Gasteiger partial charge in [0.15, 0.2) is 0 Å². The van der Waals surface area contributed by atoms with E-state index in [0.717, 1.165) is 38.5 Å². The van der Waals surface area contributed by atoms with Gasteiger partial charge in [0.1, 0.15) is 5.82 Å². The van der Waals surface area contributed by atoms with Gasteiger partial charge >= 0.3 is 0 Å². The summed E-state index contributed by atoms with van der Waals surface area (Å²) >= 11 is 0. The third kappa shape index (κ3) is 3.34. The molecule has 4 heteroatoms. The highest BCUT2D eigenvalue weighted by Gasteiger charge is 2.18. The zero-order chi connectivity index (χ0) is 16.2. The summed E-state index contributed by atoms with van der Waals surface area (Å²) in [5.41, 5.74) is 2.58. The fourth-order valence-corrected chi connectivity index (χ4v) is 3.23. The highest BCUT2D eigenvalue weighted by Crippen LogP contribution is 2.16. The molecule has 4 nitrogen and oxygen atoms in total. The maximum Gasteiger partial charge on any atom is 0.128 e. The normalized spacial score (nSPS) is 15.6. The maximum absolute atomic E-state index is 4.45. The lowest BCUT2D eigenvalue weighted by atomic mass is 10.2. The van der Waals surface area contributed by atoms with E-state index in [1.54, 1.807) is 0 Å². The Morgan fingerprint density at radius 2 is 1.62 bits per heavy atom. The van der Waals surface area contributed by atoms with Crippen LogP contribution < -0.4 is 4.90 Å². The molecule has 0 aliphatic carbocycles. The van der Waals surface area contributed by atoms with Crippen molar-refractivity contribution in [3.8, 4) is 5.69 Å². The molecular weight excluding hydrogens is 296 g/mol. The molecule has 0 spiro atoms. The molecule has 3 aromatic rings. The van der Waals surface area contributed by atoms with Gasteiger partial charge in [-0.25, -0.2) is 4.98 Å². The average Bonchev–Trinajstić information content (AvgIpc) is 3.12. The Morgan fingerprint density at radius 3 is 2.38 bits per heavy atom. The monoisotopic (exact) mass is 318 g/mol. The molecule has 1 aliphatic heterocycles. The van der Waals surface area contributed by atoms with Gasteiger partial charge in [-0.05, 0) is 35.9 Å². The van der Waals surface area contributed by atoms with Gasteiger partial charge < -0.3 is 9.47 Å². The number of rotatable bonds is 4. The van der Waals surface area contributed by atoms with Gasteiger partial charge in [0.25, 0.3) is 0 Å². The van der Waals surface area contributed by atoms with Crippen molar-refractivity contribution in [2.24, 2.45) is 0 Å². The molecule has 3 heterocycles. The number of piperazine rings is 1. The molecule has 0 radical (unpaired) electrons. The third-order valence-electron chi connectivity index (χ3n) is 4.56. The minimum Gasteiger partial charge on any atom is -0.354 e. The molecule has 0 bridgehead atoms. The first kappa shape index (κ1) is 15.0. The molecule has 0 atom stereocenters. The molecular formula is C20H22N4. The van der Waals surface area contributed by atoms with E-state index < -0.39 is 0 Å². The summed E-state index contributed by atoms with van der Waals surface area (Å²) in [5.74, 6) is 1.09. The van der Waals surface area contributed by atoms with Crippen LogP contribution in [0.3, 0.4) is 0 Å². The van der Waals surface area contributed by atoms with Crippen molar-refractivity contribution in [3.63, 3.8) is 0 Å². The number of hydrogen-bond donors (Lipinski definition) is 0. The summed E-state index contributed by atoms with van der Waals surface area (Å²) in [6, 6.07) is 18.8. The van der Waals surface area contributed by atoms with Crippen molar-refractivity contribution in [2.45, 2.75) is 6.54 Å². The van der Waals surface area contributed by atoms with E-state index in [4.69, 9.17) is 0 Å². The fraction of sp³-hybridized carbons (Fsp3) is 0.250. The first-order valence-corrected chi connectivity index (χ1v) is 8.49. The van der Waals surface area contributed by atoms with E-state index in [-0.39, 0.29) is 0 Å². The van der Waals surface area contributed by atoms with Gasteiger partial charge in [0.05, 0.1) is 0 Å². The van der Waals surface area contributed by atoms with E-state index in [1.807, 2.05) is 12.3 Å². The summed E-state index contributed by atoms with van der Waals surface area (Å²) in [6.07, 6.45) is 6.25. The summed E-state index contributed by atoms with van der Waals surface area (Å²) in [7, 11) is 0. The van der Waals surface area contributed by atoms with Crippen molar-refractivity contribution >= 4 is 5.82 Å². The Balaban J connectivity index is 1.35. The number of aromatic nitrogens is 2. The Labute approximate surface area is 143 Å². The largest absolute Gasteiger partial charge is 0.354 e.